The zero-order chi connectivity index (χ0) is 12.3. The smallest absolute Gasteiger partial charge is 0.119 e. The Balaban J connectivity index is 0.00000162. The van der Waals surface area contributed by atoms with E-state index in [0.717, 1.165) is 25.4 Å². The highest BCUT2D eigenvalue weighted by atomic mass is 35.5. The van der Waals surface area contributed by atoms with Crippen LogP contribution in [0.15, 0.2) is 18.2 Å². The van der Waals surface area contributed by atoms with E-state index in [9.17, 15) is 0 Å². The monoisotopic (exact) mass is 269 g/mol. The number of halogens is 1. The molecule has 1 N–H and O–H groups in total. The standard InChI is InChI=1S/C15H23NO.ClH/c1-11(2)15-5-4-14(8-12(15)3)17-10-13-6-7-16-9-13;/h4-5,8,11,13,16H,6-7,9-10H2,1-3H3;1H. The molecule has 1 aliphatic heterocycles. The minimum absolute atomic E-state index is 0. The van der Waals surface area contributed by atoms with Gasteiger partial charge in [-0.3, -0.25) is 0 Å². The molecule has 0 aromatic heterocycles. The summed E-state index contributed by atoms with van der Waals surface area (Å²) in [5, 5.41) is 3.36. The number of aryl methyl sites for hydroxylation is 1. The van der Waals surface area contributed by atoms with Gasteiger partial charge in [0, 0.05) is 12.5 Å². The van der Waals surface area contributed by atoms with Crippen LogP contribution in [-0.4, -0.2) is 19.7 Å². The first-order chi connectivity index (χ1) is 8.16. The first-order valence-electron chi connectivity index (χ1n) is 6.61. The summed E-state index contributed by atoms with van der Waals surface area (Å²) in [6.07, 6.45) is 1.24. The minimum Gasteiger partial charge on any atom is -0.493 e. The third-order valence-corrected chi connectivity index (χ3v) is 3.51. The van der Waals surface area contributed by atoms with E-state index in [2.05, 4.69) is 44.3 Å². The van der Waals surface area contributed by atoms with Crippen molar-refractivity contribution in [2.24, 2.45) is 5.92 Å². The van der Waals surface area contributed by atoms with Gasteiger partial charge in [-0.05, 0) is 49.1 Å². The average molecular weight is 270 g/mol. The molecule has 1 aliphatic rings. The third kappa shape index (κ3) is 3.89. The maximum absolute atomic E-state index is 5.87. The molecule has 1 saturated heterocycles. The van der Waals surface area contributed by atoms with Gasteiger partial charge in [0.15, 0.2) is 0 Å². The molecule has 1 unspecified atom stereocenters. The van der Waals surface area contributed by atoms with Crippen LogP contribution in [0.3, 0.4) is 0 Å². The normalized spacial score (nSPS) is 18.8. The van der Waals surface area contributed by atoms with Crippen LogP contribution in [0.5, 0.6) is 5.75 Å². The molecular formula is C15H24ClNO. The molecule has 2 nitrogen and oxygen atoms in total. The third-order valence-electron chi connectivity index (χ3n) is 3.51. The van der Waals surface area contributed by atoms with Crippen molar-refractivity contribution in [2.75, 3.05) is 19.7 Å². The molecule has 0 spiro atoms. The maximum Gasteiger partial charge on any atom is 0.119 e. The molecular weight excluding hydrogens is 246 g/mol. The Morgan fingerprint density at radius 1 is 1.39 bits per heavy atom. The summed E-state index contributed by atoms with van der Waals surface area (Å²) >= 11 is 0. The number of hydrogen-bond donors (Lipinski definition) is 1. The Bertz CT molecular complexity index is 373. The Kier molecular flexibility index (Phi) is 5.97. The SMILES string of the molecule is Cc1cc(OCC2CCNC2)ccc1C(C)C.Cl. The molecule has 0 aliphatic carbocycles. The lowest BCUT2D eigenvalue weighted by molar-refractivity contribution is 0.260. The van der Waals surface area contributed by atoms with Crippen LogP contribution in [-0.2, 0) is 0 Å². The van der Waals surface area contributed by atoms with Crippen LogP contribution < -0.4 is 10.1 Å². The van der Waals surface area contributed by atoms with Crippen molar-refractivity contribution in [3.8, 4) is 5.75 Å². The van der Waals surface area contributed by atoms with E-state index >= 15 is 0 Å². The molecule has 0 saturated carbocycles. The van der Waals surface area contributed by atoms with E-state index in [1.54, 1.807) is 0 Å². The van der Waals surface area contributed by atoms with Crippen molar-refractivity contribution in [3.63, 3.8) is 0 Å². The van der Waals surface area contributed by atoms with Crippen LogP contribution in [0.25, 0.3) is 0 Å². The van der Waals surface area contributed by atoms with Crippen molar-refractivity contribution in [3.05, 3.63) is 29.3 Å². The number of rotatable bonds is 4. The van der Waals surface area contributed by atoms with Crippen LogP contribution in [0.1, 0.15) is 37.3 Å². The fourth-order valence-electron chi connectivity index (χ4n) is 2.46. The molecule has 3 heteroatoms. The molecule has 0 radical (unpaired) electrons. The number of ether oxygens (including phenoxy) is 1. The predicted molar refractivity (Wildman–Crippen MR) is 79.0 cm³/mol. The summed E-state index contributed by atoms with van der Waals surface area (Å²) in [6, 6.07) is 6.46. The topological polar surface area (TPSA) is 21.3 Å². The molecule has 1 atom stereocenters. The van der Waals surface area contributed by atoms with Crippen LogP contribution in [0.4, 0.5) is 0 Å². The van der Waals surface area contributed by atoms with Gasteiger partial charge < -0.3 is 10.1 Å². The lowest BCUT2D eigenvalue weighted by atomic mass is 9.98. The van der Waals surface area contributed by atoms with Crippen LogP contribution >= 0.6 is 12.4 Å². The largest absolute Gasteiger partial charge is 0.493 e. The van der Waals surface area contributed by atoms with Crippen molar-refractivity contribution >= 4 is 12.4 Å². The van der Waals surface area contributed by atoms with Gasteiger partial charge in [-0.1, -0.05) is 19.9 Å². The summed E-state index contributed by atoms with van der Waals surface area (Å²) in [5.74, 6) is 2.28. The molecule has 102 valence electrons. The van der Waals surface area contributed by atoms with E-state index in [1.165, 1.54) is 17.5 Å². The van der Waals surface area contributed by atoms with Gasteiger partial charge in [0.2, 0.25) is 0 Å². The fraction of sp³-hybridized carbons (Fsp3) is 0.600. The van der Waals surface area contributed by atoms with Gasteiger partial charge in [-0.15, -0.1) is 12.4 Å². The zero-order valence-electron chi connectivity index (χ0n) is 11.5. The van der Waals surface area contributed by atoms with Crippen molar-refractivity contribution in [1.29, 1.82) is 0 Å². The molecule has 1 aromatic carbocycles. The summed E-state index contributed by atoms with van der Waals surface area (Å²) < 4.78 is 5.87. The molecule has 0 amide bonds. The van der Waals surface area contributed by atoms with Gasteiger partial charge in [-0.25, -0.2) is 0 Å². The highest BCUT2D eigenvalue weighted by Gasteiger charge is 2.15. The van der Waals surface area contributed by atoms with E-state index in [0.29, 0.717) is 11.8 Å². The van der Waals surface area contributed by atoms with E-state index in [-0.39, 0.29) is 12.4 Å². The fourth-order valence-corrected chi connectivity index (χ4v) is 2.46. The van der Waals surface area contributed by atoms with E-state index < -0.39 is 0 Å². The second-order valence-corrected chi connectivity index (χ2v) is 5.34. The Morgan fingerprint density at radius 3 is 2.72 bits per heavy atom. The van der Waals surface area contributed by atoms with Gasteiger partial charge in [0.05, 0.1) is 6.61 Å². The van der Waals surface area contributed by atoms with E-state index in [4.69, 9.17) is 4.74 Å². The number of hydrogen-bond acceptors (Lipinski definition) is 2. The number of benzene rings is 1. The lowest BCUT2D eigenvalue weighted by Crippen LogP contribution is -2.15. The first kappa shape index (κ1) is 15.3. The Labute approximate surface area is 117 Å². The molecule has 2 rings (SSSR count). The molecule has 1 aromatic rings. The lowest BCUT2D eigenvalue weighted by Gasteiger charge is -2.14. The summed E-state index contributed by atoms with van der Waals surface area (Å²) in [7, 11) is 0. The second kappa shape index (κ2) is 7.01. The zero-order valence-corrected chi connectivity index (χ0v) is 12.3. The minimum atomic E-state index is 0. The second-order valence-electron chi connectivity index (χ2n) is 5.34. The van der Waals surface area contributed by atoms with Crippen molar-refractivity contribution in [2.45, 2.75) is 33.1 Å². The maximum atomic E-state index is 5.87. The van der Waals surface area contributed by atoms with Crippen molar-refractivity contribution < 1.29 is 4.74 Å². The molecule has 18 heavy (non-hydrogen) atoms. The van der Waals surface area contributed by atoms with Gasteiger partial charge in [-0.2, -0.15) is 0 Å². The predicted octanol–water partition coefficient (Wildman–Crippen LogP) is 3.53. The molecule has 1 fully saturated rings. The quantitative estimate of drug-likeness (QED) is 0.903. The van der Waals surface area contributed by atoms with Gasteiger partial charge in [0.1, 0.15) is 5.75 Å². The summed E-state index contributed by atoms with van der Waals surface area (Å²) in [4.78, 5) is 0. The highest BCUT2D eigenvalue weighted by molar-refractivity contribution is 5.85. The van der Waals surface area contributed by atoms with Crippen LogP contribution in [0.2, 0.25) is 0 Å². The number of nitrogens with one attached hydrogen (secondary N) is 1. The summed E-state index contributed by atoms with van der Waals surface area (Å²) in [6.45, 7) is 9.70. The molecule has 1 heterocycles. The highest BCUT2D eigenvalue weighted by Crippen LogP contribution is 2.24. The Morgan fingerprint density at radius 2 is 2.17 bits per heavy atom. The van der Waals surface area contributed by atoms with Gasteiger partial charge in [0.25, 0.3) is 0 Å². The average Bonchev–Trinajstić information content (AvgIpc) is 2.78. The van der Waals surface area contributed by atoms with Crippen LogP contribution in [0, 0.1) is 12.8 Å². The van der Waals surface area contributed by atoms with E-state index in [1.807, 2.05) is 0 Å². The van der Waals surface area contributed by atoms with Gasteiger partial charge >= 0.3 is 0 Å². The van der Waals surface area contributed by atoms with Crippen molar-refractivity contribution in [1.82, 2.24) is 5.32 Å². The molecule has 0 bridgehead atoms. The summed E-state index contributed by atoms with van der Waals surface area (Å²) in [5.41, 5.74) is 2.75. The Hall–Kier alpha value is -0.730. The first-order valence-corrected chi connectivity index (χ1v) is 6.61.